The van der Waals surface area contributed by atoms with Crippen LogP contribution < -0.4 is 4.74 Å². The van der Waals surface area contributed by atoms with E-state index in [1.165, 1.54) is 6.42 Å². The van der Waals surface area contributed by atoms with Crippen molar-refractivity contribution in [2.45, 2.75) is 59.5 Å². The lowest BCUT2D eigenvalue weighted by molar-refractivity contribution is 0.0112. The number of fused-ring (bicyclic) bond motifs is 1. The second-order valence-corrected chi connectivity index (χ2v) is 7.55. The van der Waals surface area contributed by atoms with E-state index < -0.39 is 0 Å². The van der Waals surface area contributed by atoms with Crippen LogP contribution in [-0.2, 0) is 4.74 Å². The summed E-state index contributed by atoms with van der Waals surface area (Å²) in [6, 6.07) is 10.2. The third kappa shape index (κ3) is 6.70. The number of ether oxygens (including phenoxy) is 2. The van der Waals surface area contributed by atoms with Gasteiger partial charge in [-0.25, -0.2) is 0 Å². The highest BCUT2D eigenvalue weighted by Gasteiger charge is 2.35. The molecule has 2 aliphatic carbocycles. The molecule has 1 aliphatic heterocycles. The molecule has 1 saturated carbocycles. The summed E-state index contributed by atoms with van der Waals surface area (Å²) in [5, 5.41) is 0. The van der Waals surface area contributed by atoms with Crippen LogP contribution in [-0.4, -0.2) is 36.7 Å². The van der Waals surface area contributed by atoms with Gasteiger partial charge in [-0.1, -0.05) is 52.0 Å². The number of benzene rings is 1. The molecule has 0 bridgehead atoms. The van der Waals surface area contributed by atoms with E-state index in [1.807, 2.05) is 58.0 Å². The number of hydrogen-bond acceptors (Lipinski definition) is 3. The summed E-state index contributed by atoms with van der Waals surface area (Å²) in [5.41, 5.74) is -0.0473. The van der Waals surface area contributed by atoms with Crippen LogP contribution in [0.2, 0.25) is 0 Å². The number of para-hydroxylation sites is 1. The summed E-state index contributed by atoms with van der Waals surface area (Å²) in [4.78, 5) is 2.49. The van der Waals surface area contributed by atoms with Crippen molar-refractivity contribution in [1.82, 2.24) is 4.90 Å². The predicted molar refractivity (Wildman–Crippen MR) is 119 cm³/mol. The first-order chi connectivity index (χ1) is 13.7. The Labute approximate surface area is 172 Å². The summed E-state index contributed by atoms with van der Waals surface area (Å²) in [6.45, 7) is 14.2. The molecular formula is C25H39NO2. The van der Waals surface area contributed by atoms with E-state index in [9.17, 15) is 0 Å². The number of nitrogens with zero attached hydrogens (tertiary/aromatic N) is 1. The molecule has 0 spiro atoms. The number of hydrogen-bond donors (Lipinski definition) is 0. The highest BCUT2D eigenvalue weighted by atomic mass is 16.5. The fraction of sp³-hybridized carbons (Fsp3) is 0.600. The van der Waals surface area contributed by atoms with Gasteiger partial charge in [0.1, 0.15) is 23.7 Å². The maximum Gasteiger partial charge on any atom is 0.120 e. The molecule has 3 aliphatic rings. The smallest absolute Gasteiger partial charge is 0.120 e. The van der Waals surface area contributed by atoms with Crippen molar-refractivity contribution in [3.8, 4) is 5.75 Å². The third-order valence-electron chi connectivity index (χ3n) is 5.47. The summed E-state index contributed by atoms with van der Waals surface area (Å²) >= 11 is 0. The molecule has 0 aromatic heterocycles. The van der Waals surface area contributed by atoms with Crippen LogP contribution in [0.3, 0.4) is 0 Å². The lowest BCUT2D eigenvalue weighted by atomic mass is 9.93. The topological polar surface area (TPSA) is 21.7 Å². The number of likely N-dealkylation sites (tertiary alicyclic amines) is 1. The van der Waals surface area contributed by atoms with E-state index >= 15 is 0 Å². The molecule has 2 unspecified atom stereocenters. The predicted octanol–water partition coefficient (Wildman–Crippen LogP) is 6.08. The van der Waals surface area contributed by atoms with Gasteiger partial charge in [0, 0.05) is 19.6 Å². The van der Waals surface area contributed by atoms with Gasteiger partial charge in [-0.3, -0.25) is 4.90 Å². The minimum absolute atomic E-state index is 0.0473. The van der Waals surface area contributed by atoms with Crippen molar-refractivity contribution in [2.75, 3.05) is 26.2 Å². The van der Waals surface area contributed by atoms with E-state index in [2.05, 4.69) is 30.1 Å². The minimum Gasteiger partial charge on any atom is -0.493 e. The minimum atomic E-state index is -0.0473. The average Bonchev–Trinajstić information content (AvgIpc) is 3.52. The molecule has 4 rings (SSSR count). The monoisotopic (exact) mass is 385 g/mol. The standard InChI is InChI=1S/C21H27NO2.2C2H6/c1-21(24-19-5-3-2-4-6-19)9-11-22(12-10-21)13-14-23-20-8-7-17-15-18(17)16-20;2*1-2/h2-8,16-18H,9-15H2,1H3;2*1-2H3. The van der Waals surface area contributed by atoms with Crippen LogP contribution in [0.5, 0.6) is 5.75 Å². The molecule has 1 heterocycles. The Morgan fingerprint density at radius 3 is 2.32 bits per heavy atom. The van der Waals surface area contributed by atoms with Crippen molar-refractivity contribution in [2.24, 2.45) is 11.8 Å². The summed E-state index contributed by atoms with van der Waals surface area (Å²) in [7, 11) is 0. The molecule has 2 atom stereocenters. The molecule has 28 heavy (non-hydrogen) atoms. The van der Waals surface area contributed by atoms with E-state index in [1.54, 1.807) is 0 Å². The molecule has 1 aromatic carbocycles. The molecule has 1 aromatic rings. The Kier molecular flexibility index (Phi) is 9.11. The first kappa shape index (κ1) is 22.5. The first-order valence-corrected chi connectivity index (χ1v) is 11.2. The molecule has 1 saturated heterocycles. The largest absolute Gasteiger partial charge is 0.493 e. The quantitative estimate of drug-likeness (QED) is 0.592. The van der Waals surface area contributed by atoms with Gasteiger partial charge >= 0.3 is 0 Å². The number of piperidine rings is 1. The van der Waals surface area contributed by atoms with Gasteiger partial charge < -0.3 is 9.47 Å². The van der Waals surface area contributed by atoms with Crippen molar-refractivity contribution in [3.63, 3.8) is 0 Å². The Balaban J connectivity index is 0.000000660. The van der Waals surface area contributed by atoms with Crippen LogP contribution in [0.25, 0.3) is 0 Å². The molecule has 0 amide bonds. The SMILES string of the molecule is CC.CC.CC1(Oc2ccccc2)CCN(CCOC2=CC3CC3C=C2)CC1. The molecule has 0 N–H and O–H groups in total. The van der Waals surface area contributed by atoms with Gasteiger partial charge in [0.25, 0.3) is 0 Å². The fourth-order valence-corrected chi connectivity index (χ4v) is 3.65. The summed E-state index contributed by atoms with van der Waals surface area (Å²) in [6.07, 6.45) is 10.2. The van der Waals surface area contributed by atoms with Crippen LogP contribution in [0.1, 0.15) is 53.9 Å². The van der Waals surface area contributed by atoms with E-state index in [0.29, 0.717) is 0 Å². The zero-order chi connectivity index (χ0) is 20.4. The zero-order valence-corrected chi connectivity index (χ0v) is 18.5. The highest BCUT2D eigenvalue weighted by molar-refractivity contribution is 5.26. The van der Waals surface area contributed by atoms with E-state index in [0.717, 1.165) is 62.4 Å². The Morgan fingerprint density at radius 1 is 1.00 bits per heavy atom. The van der Waals surface area contributed by atoms with Crippen molar-refractivity contribution in [1.29, 1.82) is 0 Å². The molecule has 0 radical (unpaired) electrons. The van der Waals surface area contributed by atoms with Crippen molar-refractivity contribution in [3.05, 3.63) is 54.3 Å². The zero-order valence-electron chi connectivity index (χ0n) is 18.5. The maximum atomic E-state index is 6.23. The van der Waals surface area contributed by atoms with Crippen LogP contribution in [0, 0.1) is 11.8 Å². The second-order valence-electron chi connectivity index (χ2n) is 7.55. The van der Waals surface area contributed by atoms with Gasteiger partial charge in [0.15, 0.2) is 0 Å². The molecule has 3 nitrogen and oxygen atoms in total. The maximum absolute atomic E-state index is 6.23. The molecular weight excluding hydrogens is 346 g/mol. The Hall–Kier alpha value is -1.74. The molecule has 3 heteroatoms. The normalized spacial score (nSPS) is 24.4. The lowest BCUT2D eigenvalue weighted by Gasteiger charge is -2.39. The molecule has 2 fully saturated rings. The highest BCUT2D eigenvalue weighted by Crippen LogP contribution is 2.44. The molecule has 156 valence electrons. The van der Waals surface area contributed by atoms with Gasteiger partial charge in [-0.15, -0.1) is 0 Å². The Bertz CT molecular complexity index is 615. The lowest BCUT2D eigenvalue weighted by Crippen LogP contribution is -2.46. The third-order valence-corrected chi connectivity index (χ3v) is 5.47. The first-order valence-electron chi connectivity index (χ1n) is 11.2. The van der Waals surface area contributed by atoms with Gasteiger partial charge in [-0.2, -0.15) is 0 Å². The average molecular weight is 386 g/mol. The van der Waals surface area contributed by atoms with Crippen LogP contribution in [0.4, 0.5) is 0 Å². The van der Waals surface area contributed by atoms with Crippen molar-refractivity contribution < 1.29 is 9.47 Å². The van der Waals surface area contributed by atoms with E-state index in [-0.39, 0.29) is 5.60 Å². The van der Waals surface area contributed by atoms with Gasteiger partial charge in [0.2, 0.25) is 0 Å². The van der Waals surface area contributed by atoms with Gasteiger partial charge in [0.05, 0.1) is 0 Å². The van der Waals surface area contributed by atoms with Crippen LogP contribution >= 0.6 is 0 Å². The Morgan fingerprint density at radius 2 is 1.68 bits per heavy atom. The number of rotatable bonds is 6. The van der Waals surface area contributed by atoms with E-state index in [4.69, 9.17) is 9.47 Å². The van der Waals surface area contributed by atoms with Crippen LogP contribution in [0.15, 0.2) is 54.3 Å². The van der Waals surface area contributed by atoms with Gasteiger partial charge in [-0.05, 0) is 62.3 Å². The summed E-state index contributed by atoms with van der Waals surface area (Å²) < 4.78 is 12.2. The number of allylic oxidation sites excluding steroid dienone is 3. The summed E-state index contributed by atoms with van der Waals surface area (Å²) in [5.74, 6) is 3.62. The fourth-order valence-electron chi connectivity index (χ4n) is 3.65. The van der Waals surface area contributed by atoms with Crippen molar-refractivity contribution >= 4 is 0 Å². The second kappa shape index (κ2) is 11.3.